The molecule has 3 aromatic rings. The first-order valence-corrected chi connectivity index (χ1v) is 15.0. The third-order valence-corrected chi connectivity index (χ3v) is 8.49. The molecular formula is C34H43N3O4. The fourth-order valence-electron chi connectivity index (χ4n) is 6.01. The van der Waals surface area contributed by atoms with Crippen molar-refractivity contribution in [1.29, 1.82) is 0 Å². The SMILES string of the molecule is CCc1ccc2c(c1)[C@@H](NC[C@@H](O)[C@H](Cc1ccccc1)NC(=O)c1ccc(=O)n(CC(C)C)c1)CC1(CCC1)O2. The highest BCUT2D eigenvalue weighted by Crippen LogP contribution is 2.49. The molecule has 1 aromatic heterocycles. The lowest BCUT2D eigenvalue weighted by Crippen LogP contribution is -2.52. The van der Waals surface area contributed by atoms with E-state index < -0.39 is 12.1 Å². The summed E-state index contributed by atoms with van der Waals surface area (Å²) in [6.45, 7) is 7.07. The number of ether oxygens (including phenoxy) is 1. The summed E-state index contributed by atoms with van der Waals surface area (Å²) in [7, 11) is 0. The largest absolute Gasteiger partial charge is 0.487 e. The van der Waals surface area contributed by atoms with Gasteiger partial charge in [0.25, 0.3) is 11.5 Å². The Morgan fingerprint density at radius 3 is 2.56 bits per heavy atom. The molecule has 1 aliphatic carbocycles. The van der Waals surface area contributed by atoms with Crippen LogP contribution >= 0.6 is 0 Å². The molecule has 2 heterocycles. The van der Waals surface area contributed by atoms with E-state index in [1.807, 2.05) is 44.2 Å². The highest BCUT2D eigenvalue weighted by Gasteiger charge is 2.45. The number of aromatic nitrogens is 1. The number of hydrogen-bond acceptors (Lipinski definition) is 5. The molecule has 1 fully saturated rings. The summed E-state index contributed by atoms with van der Waals surface area (Å²) in [5, 5.41) is 18.2. The molecule has 1 amide bonds. The van der Waals surface area contributed by atoms with Crippen LogP contribution in [0.5, 0.6) is 5.75 Å². The Kier molecular flexibility index (Phi) is 8.95. The van der Waals surface area contributed by atoms with E-state index in [-0.39, 0.29) is 29.0 Å². The second kappa shape index (κ2) is 12.6. The molecule has 0 saturated heterocycles. The van der Waals surface area contributed by atoms with Crippen molar-refractivity contribution in [1.82, 2.24) is 15.2 Å². The van der Waals surface area contributed by atoms with Crippen LogP contribution in [-0.4, -0.2) is 39.9 Å². The van der Waals surface area contributed by atoms with Gasteiger partial charge in [-0.05, 0) is 61.3 Å². The molecule has 1 aliphatic heterocycles. The Morgan fingerprint density at radius 1 is 1.10 bits per heavy atom. The number of fused-ring (bicyclic) bond motifs is 1. The van der Waals surface area contributed by atoms with Gasteiger partial charge in [-0.3, -0.25) is 9.59 Å². The number of amides is 1. The number of aryl methyl sites for hydroxylation is 1. The highest BCUT2D eigenvalue weighted by atomic mass is 16.5. The smallest absolute Gasteiger partial charge is 0.253 e. The lowest BCUT2D eigenvalue weighted by Gasteiger charge is -2.48. The molecule has 7 nitrogen and oxygen atoms in total. The predicted octanol–water partition coefficient (Wildman–Crippen LogP) is 4.80. The maximum absolute atomic E-state index is 13.4. The summed E-state index contributed by atoms with van der Waals surface area (Å²) in [6.07, 6.45) is 6.35. The quantitative estimate of drug-likeness (QED) is 0.315. The topological polar surface area (TPSA) is 92.6 Å². The standard InChI is InChI=1S/C34H43N3O4/c1-4-24-11-13-31-27(17-24)29(19-34(41-31)15-8-16-34)35-20-30(38)28(18-25-9-6-5-7-10-25)36-33(40)26-12-14-32(39)37(22-26)21-23(2)3/h5-7,9-14,17,22-23,28-30,35,38H,4,8,15-16,18-21H2,1-3H3,(H,36,40)/t28-,29-,30+/m0/s1. The monoisotopic (exact) mass is 557 g/mol. The highest BCUT2D eigenvalue weighted by molar-refractivity contribution is 5.94. The number of hydrogen-bond donors (Lipinski definition) is 3. The van der Waals surface area contributed by atoms with Gasteiger partial charge in [0, 0.05) is 43.4 Å². The Labute approximate surface area is 242 Å². The molecular weight excluding hydrogens is 514 g/mol. The maximum atomic E-state index is 13.4. The lowest BCUT2D eigenvalue weighted by atomic mass is 9.72. The van der Waals surface area contributed by atoms with Crippen LogP contribution in [0.25, 0.3) is 0 Å². The van der Waals surface area contributed by atoms with Crippen LogP contribution < -0.4 is 20.9 Å². The zero-order valence-electron chi connectivity index (χ0n) is 24.4. The lowest BCUT2D eigenvalue weighted by molar-refractivity contribution is -0.0382. The van der Waals surface area contributed by atoms with E-state index in [4.69, 9.17) is 4.74 Å². The third-order valence-electron chi connectivity index (χ3n) is 8.49. The molecule has 0 bridgehead atoms. The number of carbonyl (C=O) groups is 1. The van der Waals surface area contributed by atoms with E-state index in [0.717, 1.165) is 42.6 Å². The molecule has 0 unspecified atom stereocenters. The van der Waals surface area contributed by atoms with Crippen LogP contribution in [0.2, 0.25) is 0 Å². The van der Waals surface area contributed by atoms with E-state index in [9.17, 15) is 14.7 Å². The third kappa shape index (κ3) is 6.91. The van der Waals surface area contributed by atoms with E-state index in [0.29, 0.717) is 25.1 Å². The van der Waals surface area contributed by atoms with E-state index in [1.165, 1.54) is 18.1 Å². The van der Waals surface area contributed by atoms with Crippen molar-refractivity contribution in [2.75, 3.05) is 6.54 Å². The molecule has 2 aliphatic rings. The van der Waals surface area contributed by atoms with Crippen molar-refractivity contribution in [3.63, 3.8) is 0 Å². The number of carbonyl (C=O) groups excluding carboxylic acids is 1. The van der Waals surface area contributed by atoms with Crippen LogP contribution in [0.4, 0.5) is 0 Å². The fourth-order valence-corrected chi connectivity index (χ4v) is 6.01. The van der Waals surface area contributed by atoms with Crippen molar-refractivity contribution in [3.05, 3.63) is 99.5 Å². The summed E-state index contributed by atoms with van der Waals surface area (Å²) >= 11 is 0. The van der Waals surface area contributed by atoms with E-state index >= 15 is 0 Å². The van der Waals surface area contributed by atoms with Gasteiger partial charge in [0.2, 0.25) is 0 Å². The molecule has 3 atom stereocenters. The second-order valence-electron chi connectivity index (χ2n) is 12.2. The molecule has 41 heavy (non-hydrogen) atoms. The average Bonchev–Trinajstić information content (AvgIpc) is 2.95. The number of pyridine rings is 1. The predicted molar refractivity (Wildman–Crippen MR) is 161 cm³/mol. The van der Waals surface area contributed by atoms with Gasteiger partial charge in [0.1, 0.15) is 11.4 Å². The Morgan fingerprint density at radius 2 is 1.88 bits per heavy atom. The minimum Gasteiger partial charge on any atom is -0.487 e. The summed E-state index contributed by atoms with van der Waals surface area (Å²) in [5.41, 5.74) is 3.58. The summed E-state index contributed by atoms with van der Waals surface area (Å²) in [6, 6.07) is 18.9. The number of benzene rings is 2. The van der Waals surface area contributed by atoms with Gasteiger partial charge < -0.3 is 25.0 Å². The van der Waals surface area contributed by atoms with Crippen molar-refractivity contribution in [3.8, 4) is 5.75 Å². The Hall–Kier alpha value is -3.42. The van der Waals surface area contributed by atoms with Gasteiger partial charge in [-0.15, -0.1) is 0 Å². The van der Waals surface area contributed by atoms with E-state index in [2.05, 4.69) is 35.8 Å². The normalized spacial score (nSPS) is 18.7. The minimum atomic E-state index is -0.835. The van der Waals surface area contributed by atoms with Crippen LogP contribution in [0.15, 0.2) is 71.7 Å². The minimum absolute atomic E-state index is 0.0628. The molecule has 1 spiro atoms. The van der Waals surface area contributed by atoms with Crippen molar-refractivity contribution in [2.24, 2.45) is 5.92 Å². The van der Waals surface area contributed by atoms with Gasteiger partial charge in [-0.1, -0.05) is 63.2 Å². The number of aliphatic hydroxyl groups excluding tert-OH is 1. The van der Waals surface area contributed by atoms with Crippen LogP contribution in [-0.2, 0) is 19.4 Å². The summed E-state index contributed by atoms with van der Waals surface area (Å²) < 4.78 is 8.05. The van der Waals surface area contributed by atoms with Crippen LogP contribution in [0.1, 0.15) is 79.5 Å². The van der Waals surface area contributed by atoms with Crippen molar-refractivity contribution in [2.45, 2.75) is 89.6 Å². The van der Waals surface area contributed by atoms with Crippen molar-refractivity contribution >= 4 is 5.91 Å². The van der Waals surface area contributed by atoms with Gasteiger partial charge >= 0.3 is 0 Å². The first kappa shape index (κ1) is 29.1. The Balaban J connectivity index is 1.33. The molecule has 5 rings (SSSR count). The second-order valence-corrected chi connectivity index (χ2v) is 12.2. The maximum Gasteiger partial charge on any atom is 0.253 e. The van der Waals surface area contributed by atoms with E-state index in [1.54, 1.807) is 16.8 Å². The van der Waals surface area contributed by atoms with Crippen LogP contribution in [0.3, 0.4) is 0 Å². The summed E-state index contributed by atoms with van der Waals surface area (Å²) in [4.78, 5) is 25.7. The fraction of sp³-hybridized carbons (Fsp3) is 0.471. The zero-order chi connectivity index (χ0) is 29.0. The molecule has 2 aromatic carbocycles. The van der Waals surface area contributed by atoms with Gasteiger partial charge in [-0.2, -0.15) is 0 Å². The van der Waals surface area contributed by atoms with Crippen LogP contribution in [0, 0.1) is 5.92 Å². The van der Waals surface area contributed by atoms with Gasteiger partial charge in [-0.25, -0.2) is 0 Å². The molecule has 7 heteroatoms. The molecule has 1 saturated carbocycles. The van der Waals surface area contributed by atoms with Gasteiger partial charge in [0.05, 0.1) is 17.7 Å². The number of rotatable bonds is 11. The molecule has 3 N–H and O–H groups in total. The van der Waals surface area contributed by atoms with Gasteiger partial charge in [0.15, 0.2) is 0 Å². The number of nitrogens with zero attached hydrogens (tertiary/aromatic N) is 1. The first-order chi connectivity index (χ1) is 19.7. The summed E-state index contributed by atoms with van der Waals surface area (Å²) in [5.74, 6) is 0.901. The zero-order valence-corrected chi connectivity index (χ0v) is 24.4. The first-order valence-electron chi connectivity index (χ1n) is 15.0. The number of nitrogens with one attached hydrogen (secondary N) is 2. The average molecular weight is 558 g/mol. The Bertz CT molecular complexity index is 1400. The van der Waals surface area contributed by atoms with Crippen molar-refractivity contribution < 1.29 is 14.6 Å². The number of aliphatic hydroxyl groups is 1. The molecule has 0 radical (unpaired) electrons. The molecule has 218 valence electrons.